The van der Waals surface area contributed by atoms with Crippen LogP contribution in [0.5, 0.6) is 11.5 Å². The van der Waals surface area contributed by atoms with E-state index < -0.39 is 6.10 Å². The summed E-state index contributed by atoms with van der Waals surface area (Å²) >= 11 is 0. The minimum atomic E-state index is -0.535. The highest BCUT2D eigenvalue weighted by Gasteiger charge is 2.34. The van der Waals surface area contributed by atoms with E-state index in [1.165, 1.54) is 14.7 Å². The molecule has 0 radical (unpaired) electrons. The summed E-state index contributed by atoms with van der Waals surface area (Å²) in [5, 5.41) is 12.2. The molecule has 9 nitrogen and oxygen atoms in total. The van der Waals surface area contributed by atoms with E-state index in [2.05, 4.69) is 0 Å². The summed E-state index contributed by atoms with van der Waals surface area (Å²) in [5.41, 5.74) is 2.20. The Hall–Kier alpha value is -3.50. The van der Waals surface area contributed by atoms with Gasteiger partial charge in [-0.1, -0.05) is 30.3 Å². The quantitative estimate of drug-likeness (QED) is 0.331. The van der Waals surface area contributed by atoms with Crippen molar-refractivity contribution in [3.8, 4) is 11.5 Å². The molecule has 3 aliphatic rings. The number of carbonyl (C=O) groups is 2. The van der Waals surface area contributed by atoms with Gasteiger partial charge in [0.1, 0.15) is 38.8 Å². The van der Waals surface area contributed by atoms with E-state index in [1.807, 2.05) is 54.6 Å². The highest BCUT2D eigenvalue weighted by Crippen LogP contribution is 2.32. The topological polar surface area (TPSA) is 94.2 Å². The third-order valence-electron chi connectivity index (χ3n) is 7.75. The first kappa shape index (κ1) is 24.8. The number of aliphatic hydroxyl groups excluding tert-OH is 1. The number of carbonyl (C=O) groups excluding carboxylic acids is 2. The molecule has 198 valence electrons. The summed E-state index contributed by atoms with van der Waals surface area (Å²) < 4.78 is 16.5. The zero-order valence-electron chi connectivity index (χ0n) is 21.3. The summed E-state index contributed by atoms with van der Waals surface area (Å²) in [5.74, 6) is 1.07. The van der Waals surface area contributed by atoms with Crippen LogP contribution >= 0.6 is 0 Å². The zero-order valence-corrected chi connectivity index (χ0v) is 21.3. The van der Waals surface area contributed by atoms with Gasteiger partial charge in [0.15, 0.2) is 11.5 Å². The molecule has 0 spiro atoms. The smallest absolute Gasteiger partial charge is 0.261 e. The van der Waals surface area contributed by atoms with E-state index in [-0.39, 0.29) is 25.2 Å². The summed E-state index contributed by atoms with van der Waals surface area (Å²) in [4.78, 5) is 30.4. The van der Waals surface area contributed by atoms with Gasteiger partial charge in [0.2, 0.25) is 6.79 Å². The van der Waals surface area contributed by atoms with Crippen molar-refractivity contribution < 1.29 is 38.7 Å². The number of fused-ring (bicyclic) bond motifs is 1. The molecule has 0 unspecified atom stereocenters. The van der Waals surface area contributed by atoms with Gasteiger partial charge < -0.3 is 29.1 Å². The van der Waals surface area contributed by atoms with E-state index in [0.29, 0.717) is 30.8 Å². The Morgan fingerprint density at radius 2 is 1.58 bits per heavy atom. The Morgan fingerprint density at radius 3 is 2.32 bits per heavy atom. The number of aliphatic hydroxyl groups is 1. The maximum atomic E-state index is 13.1. The lowest BCUT2D eigenvalue weighted by molar-refractivity contribution is -1.01. The number of piperazine rings is 1. The van der Waals surface area contributed by atoms with Gasteiger partial charge in [0, 0.05) is 16.5 Å². The van der Waals surface area contributed by atoms with Crippen LogP contribution in [0.2, 0.25) is 0 Å². The normalized spacial score (nSPS) is 21.2. The summed E-state index contributed by atoms with van der Waals surface area (Å²) in [6.45, 7) is 6.43. The minimum absolute atomic E-state index is 0.202. The van der Waals surface area contributed by atoms with Gasteiger partial charge in [-0.3, -0.25) is 14.5 Å². The first-order valence-corrected chi connectivity index (χ1v) is 13.3. The second-order valence-corrected chi connectivity index (χ2v) is 10.3. The Labute approximate surface area is 221 Å². The number of nitrogens with zero attached hydrogens (tertiary/aromatic N) is 1. The van der Waals surface area contributed by atoms with Crippen molar-refractivity contribution in [1.82, 2.24) is 4.90 Å². The van der Waals surface area contributed by atoms with Gasteiger partial charge in [-0.05, 0) is 35.2 Å². The fraction of sp³-hybridized carbons (Fsp3) is 0.379. The molecule has 3 N–H and O–H groups in total. The summed E-state index contributed by atoms with van der Waals surface area (Å²) in [7, 11) is 0. The van der Waals surface area contributed by atoms with E-state index in [9.17, 15) is 14.7 Å². The number of nitrogens with one attached hydrogen (secondary N) is 2. The molecule has 0 aromatic heterocycles. The van der Waals surface area contributed by atoms with Crippen LogP contribution in [0.4, 0.5) is 0 Å². The molecule has 38 heavy (non-hydrogen) atoms. The summed E-state index contributed by atoms with van der Waals surface area (Å²) in [6.07, 6.45) is -0.535. The number of hydrogen-bond donors (Lipinski definition) is 3. The zero-order chi connectivity index (χ0) is 26.1. The molecule has 3 aromatic carbocycles. The fourth-order valence-electron chi connectivity index (χ4n) is 5.70. The third kappa shape index (κ3) is 4.98. The monoisotopic (exact) mass is 519 g/mol. The van der Waals surface area contributed by atoms with Crippen molar-refractivity contribution in [2.45, 2.75) is 12.7 Å². The highest BCUT2D eigenvalue weighted by molar-refractivity contribution is 6.25. The number of ether oxygens (including phenoxy) is 3. The van der Waals surface area contributed by atoms with Crippen LogP contribution in [-0.4, -0.2) is 87.1 Å². The van der Waals surface area contributed by atoms with Crippen LogP contribution in [0.3, 0.4) is 0 Å². The molecular formula is C29H33N3O6+2. The predicted molar refractivity (Wildman–Crippen MR) is 139 cm³/mol. The second-order valence-electron chi connectivity index (χ2n) is 10.3. The van der Waals surface area contributed by atoms with Gasteiger partial charge in [-0.25, -0.2) is 0 Å². The third-order valence-corrected chi connectivity index (χ3v) is 7.75. The van der Waals surface area contributed by atoms with Gasteiger partial charge >= 0.3 is 0 Å². The van der Waals surface area contributed by atoms with Crippen molar-refractivity contribution in [3.05, 3.63) is 71.3 Å². The van der Waals surface area contributed by atoms with Gasteiger partial charge in [-0.2, -0.15) is 0 Å². The number of amides is 2. The lowest BCUT2D eigenvalue weighted by Gasteiger charge is -2.32. The van der Waals surface area contributed by atoms with Crippen LogP contribution in [0.15, 0.2) is 54.6 Å². The molecule has 3 heterocycles. The van der Waals surface area contributed by atoms with Crippen LogP contribution in [0.1, 0.15) is 26.3 Å². The lowest BCUT2D eigenvalue weighted by atomic mass is 9.94. The first-order valence-electron chi connectivity index (χ1n) is 13.3. The van der Waals surface area contributed by atoms with E-state index in [4.69, 9.17) is 14.2 Å². The van der Waals surface area contributed by atoms with Crippen LogP contribution in [0.25, 0.3) is 10.8 Å². The molecule has 1 atom stereocenters. The van der Waals surface area contributed by atoms with Crippen molar-refractivity contribution in [1.29, 1.82) is 0 Å². The summed E-state index contributed by atoms with van der Waals surface area (Å²) in [6, 6.07) is 17.0. The molecule has 9 heteroatoms. The molecule has 1 saturated heterocycles. The molecule has 2 amide bonds. The Morgan fingerprint density at radius 1 is 0.895 bits per heavy atom. The molecule has 0 saturated carbocycles. The average Bonchev–Trinajstić information content (AvgIpc) is 3.40. The first-order chi connectivity index (χ1) is 18.6. The van der Waals surface area contributed by atoms with Crippen molar-refractivity contribution in [2.75, 3.05) is 59.2 Å². The van der Waals surface area contributed by atoms with E-state index in [0.717, 1.165) is 60.6 Å². The van der Waals surface area contributed by atoms with E-state index in [1.54, 1.807) is 0 Å². The van der Waals surface area contributed by atoms with Gasteiger partial charge in [0.25, 0.3) is 11.8 Å². The second kappa shape index (κ2) is 10.7. The van der Waals surface area contributed by atoms with Crippen molar-refractivity contribution in [3.63, 3.8) is 0 Å². The average molecular weight is 520 g/mol. The maximum absolute atomic E-state index is 13.1. The Balaban J connectivity index is 0.941. The van der Waals surface area contributed by atoms with E-state index >= 15 is 0 Å². The number of rotatable bonds is 9. The number of hydrogen-bond acceptors (Lipinski definition) is 6. The number of imide groups is 1. The van der Waals surface area contributed by atoms with Gasteiger partial charge in [-0.15, -0.1) is 0 Å². The molecule has 0 bridgehead atoms. The highest BCUT2D eigenvalue weighted by atomic mass is 16.7. The van der Waals surface area contributed by atoms with Crippen LogP contribution in [-0.2, 0) is 11.3 Å². The fourth-order valence-corrected chi connectivity index (χ4v) is 5.70. The molecule has 6 rings (SSSR count). The van der Waals surface area contributed by atoms with Crippen LogP contribution in [0, 0.1) is 0 Å². The van der Waals surface area contributed by atoms with Crippen molar-refractivity contribution >= 4 is 22.6 Å². The van der Waals surface area contributed by atoms with Crippen LogP contribution < -0.4 is 19.3 Å². The maximum Gasteiger partial charge on any atom is 0.261 e. The lowest BCUT2D eigenvalue weighted by Crippen LogP contribution is -3.28. The largest absolute Gasteiger partial charge is 0.454 e. The SMILES string of the molecule is O=C1c2cccc3cccc(c23)C(=O)N1CC[NH+]1CC[NH+](C[C@H](O)COCc2ccc3c(c2)OCO3)CC1. The Bertz CT molecular complexity index is 1300. The molecule has 1 fully saturated rings. The molecule has 3 aliphatic heterocycles. The molecule has 3 aromatic rings. The van der Waals surface area contributed by atoms with Gasteiger partial charge in [0.05, 0.1) is 26.3 Å². The minimum Gasteiger partial charge on any atom is -0.454 e. The molecule has 0 aliphatic carbocycles. The van der Waals surface area contributed by atoms with Crippen molar-refractivity contribution in [2.24, 2.45) is 0 Å². The predicted octanol–water partition coefficient (Wildman–Crippen LogP) is -0.474. The number of quaternary nitrogens is 2. The number of benzene rings is 3. The molecular weight excluding hydrogens is 486 g/mol. The Kier molecular flexibility index (Phi) is 6.99. The standard InChI is InChI=1S/C29H31N3O6/c33-22(18-36-17-20-7-8-25-26(15-20)38-19-37-25)16-31-11-9-30(10-12-31)13-14-32-28(34)23-5-1-3-21-4-2-6-24(27(21)23)29(32)35/h1-8,15,22,33H,9-14,16-19H2/p+2/t22-/m0/s1.